The minimum atomic E-state index is -1.16. The van der Waals surface area contributed by atoms with Gasteiger partial charge in [0.25, 0.3) is 5.91 Å². The van der Waals surface area contributed by atoms with Gasteiger partial charge in [0.05, 0.1) is 11.3 Å². The molecule has 2 aromatic heterocycles. The molecule has 0 spiro atoms. The number of fused-ring (bicyclic) bond motifs is 2. The van der Waals surface area contributed by atoms with E-state index in [1.807, 2.05) is 48.7 Å². The van der Waals surface area contributed by atoms with Crippen LogP contribution in [0.4, 0.5) is 0 Å². The number of hydrazone groups is 1. The second-order valence-electron chi connectivity index (χ2n) is 10.8. The lowest BCUT2D eigenvalue weighted by atomic mass is 9.74. The van der Waals surface area contributed by atoms with E-state index in [9.17, 15) is 14.4 Å². The highest BCUT2D eigenvalue weighted by Gasteiger charge is 2.54. The first-order valence-electron chi connectivity index (χ1n) is 12.8. The normalized spacial score (nSPS) is 19.3. The third kappa shape index (κ3) is 5.84. The zero-order valence-electron chi connectivity index (χ0n) is 22.7. The molecule has 0 aliphatic carbocycles. The zero-order chi connectivity index (χ0) is 27.1. The molecule has 12 heteroatoms. The summed E-state index contributed by atoms with van der Waals surface area (Å²) in [6.45, 7) is 3.77. The molecule has 5 rings (SSSR count). The van der Waals surface area contributed by atoms with Gasteiger partial charge < -0.3 is 20.9 Å². The molecule has 1 fully saturated rings. The quantitative estimate of drug-likeness (QED) is 0.390. The van der Waals surface area contributed by atoms with Crippen molar-refractivity contribution in [1.82, 2.24) is 25.2 Å². The maximum Gasteiger partial charge on any atom is 0.256 e. The number of likely N-dealkylation sites (tertiary alicyclic amines) is 1. The van der Waals surface area contributed by atoms with Crippen molar-refractivity contribution in [3.63, 3.8) is 0 Å². The van der Waals surface area contributed by atoms with E-state index in [1.54, 1.807) is 32.0 Å². The van der Waals surface area contributed by atoms with E-state index in [0.717, 1.165) is 27.9 Å². The number of rotatable bonds is 7. The Morgan fingerprint density at radius 1 is 1.18 bits per heavy atom. The number of hydrogen-bond donors (Lipinski definition) is 3. The summed E-state index contributed by atoms with van der Waals surface area (Å²) >= 11 is 0. The molecule has 1 saturated heterocycles. The van der Waals surface area contributed by atoms with E-state index in [2.05, 4.69) is 20.4 Å². The molecule has 3 aromatic rings. The predicted molar refractivity (Wildman–Crippen MR) is 158 cm³/mol. The van der Waals surface area contributed by atoms with Gasteiger partial charge in [-0.3, -0.25) is 19.4 Å². The Balaban J connectivity index is 0.00000220. The third-order valence-corrected chi connectivity index (χ3v) is 7.41. The summed E-state index contributed by atoms with van der Waals surface area (Å²) in [4.78, 5) is 49.8. The summed E-state index contributed by atoms with van der Waals surface area (Å²) < 4.78 is 0. The summed E-state index contributed by atoms with van der Waals surface area (Å²) in [5.41, 5.74) is 7.30. The first kappa shape index (κ1) is 31.1. The van der Waals surface area contributed by atoms with Crippen molar-refractivity contribution in [3.8, 4) is 0 Å². The fourth-order valence-electron chi connectivity index (χ4n) is 5.37. The number of amides is 3. The smallest absolute Gasteiger partial charge is 0.256 e. The van der Waals surface area contributed by atoms with E-state index >= 15 is 0 Å². The number of pyridine rings is 1. The molecule has 2 aliphatic rings. The van der Waals surface area contributed by atoms with E-state index in [4.69, 9.17) is 5.73 Å². The Morgan fingerprint density at radius 2 is 1.90 bits per heavy atom. The number of nitrogens with zero attached hydrogens (tertiary/aromatic N) is 4. The molecule has 0 unspecified atom stereocenters. The number of halogens is 2. The van der Waals surface area contributed by atoms with Crippen LogP contribution in [0.25, 0.3) is 10.9 Å². The van der Waals surface area contributed by atoms with Crippen LogP contribution >= 0.6 is 24.8 Å². The van der Waals surface area contributed by atoms with Crippen LogP contribution in [0.3, 0.4) is 0 Å². The van der Waals surface area contributed by atoms with Crippen molar-refractivity contribution in [1.29, 1.82) is 0 Å². The number of para-hydroxylation sites is 1. The number of nitrogens with two attached hydrogens (primary N) is 1. The fraction of sp³-hybridized carbons (Fsp3) is 0.393. The Morgan fingerprint density at radius 3 is 2.60 bits per heavy atom. The van der Waals surface area contributed by atoms with Gasteiger partial charge in [0.2, 0.25) is 11.8 Å². The number of benzene rings is 1. The van der Waals surface area contributed by atoms with Crippen molar-refractivity contribution in [3.05, 3.63) is 66.1 Å². The van der Waals surface area contributed by atoms with E-state index < -0.39 is 22.9 Å². The van der Waals surface area contributed by atoms with Crippen LogP contribution in [0.15, 0.2) is 60.0 Å². The number of piperidine rings is 1. The number of aromatic nitrogens is 2. The van der Waals surface area contributed by atoms with Gasteiger partial charge in [-0.05, 0) is 37.6 Å². The summed E-state index contributed by atoms with van der Waals surface area (Å²) in [7, 11) is 1.64. The highest BCUT2D eigenvalue weighted by Crippen LogP contribution is 2.38. The van der Waals surface area contributed by atoms with Gasteiger partial charge >= 0.3 is 0 Å². The second kappa shape index (κ2) is 12.0. The Bertz CT molecular complexity index is 1420. The number of carbonyl (C=O) groups excluding carboxylic acids is 3. The fourth-order valence-corrected chi connectivity index (χ4v) is 5.37. The molecular formula is C28H35Cl2N7O3. The van der Waals surface area contributed by atoms with Crippen LogP contribution in [0.1, 0.15) is 31.5 Å². The maximum atomic E-state index is 14.1. The summed E-state index contributed by atoms with van der Waals surface area (Å²) in [6, 6.07) is 12.5. The molecule has 0 bridgehead atoms. The van der Waals surface area contributed by atoms with Crippen molar-refractivity contribution < 1.29 is 14.4 Å². The topological polar surface area (TPSA) is 137 Å². The van der Waals surface area contributed by atoms with Crippen LogP contribution in [-0.2, 0) is 27.2 Å². The standard InChI is InChI=1S/C28H33N7O3.2ClH/c1-27(2,29)25(37)32-22(14-18-16-31-21-10-5-4-9-20(18)21)24(36)35-13-11-23-28(17-35,26(38)34(3)33-23)15-19-8-6-7-12-30-19;;/h4-10,12,16,22,31H,11,13-15,17,29H2,1-3H3,(H,32,37);2*1H/t22-,28-;;/m1../s1. The van der Waals surface area contributed by atoms with Crippen molar-refractivity contribution >= 4 is 59.2 Å². The average Bonchev–Trinajstić information content (AvgIpc) is 3.41. The van der Waals surface area contributed by atoms with Crippen molar-refractivity contribution in [2.45, 2.75) is 44.7 Å². The average molecular weight is 589 g/mol. The van der Waals surface area contributed by atoms with Crippen molar-refractivity contribution in [2.24, 2.45) is 16.3 Å². The van der Waals surface area contributed by atoms with Gasteiger partial charge in [-0.25, -0.2) is 5.01 Å². The van der Waals surface area contributed by atoms with Crippen LogP contribution in [0.5, 0.6) is 0 Å². The minimum Gasteiger partial charge on any atom is -0.361 e. The molecule has 40 heavy (non-hydrogen) atoms. The van der Waals surface area contributed by atoms with E-state index in [-0.39, 0.29) is 49.6 Å². The molecule has 214 valence electrons. The molecule has 2 aliphatic heterocycles. The van der Waals surface area contributed by atoms with Gasteiger partial charge in [-0.2, -0.15) is 5.10 Å². The predicted octanol–water partition coefficient (Wildman–Crippen LogP) is 2.46. The molecule has 0 radical (unpaired) electrons. The second-order valence-corrected chi connectivity index (χ2v) is 10.8. The van der Waals surface area contributed by atoms with Crippen LogP contribution < -0.4 is 11.1 Å². The van der Waals surface area contributed by atoms with Gasteiger partial charge in [0, 0.05) is 68.4 Å². The molecule has 1 aromatic carbocycles. The van der Waals surface area contributed by atoms with Gasteiger partial charge in [0.1, 0.15) is 11.5 Å². The van der Waals surface area contributed by atoms with Gasteiger partial charge in [-0.15, -0.1) is 24.8 Å². The zero-order valence-corrected chi connectivity index (χ0v) is 24.3. The van der Waals surface area contributed by atoms with Crippen LogP contribution in [0.2, 0.25) is 0 Å². The number of H-pyrrole nitrogens is 1. The first-order chi connectivity index (χ1) is 18.1. The molecule has 0 saturated carbocycles. The lowest BCUT2D eigenvalue weighted by molar-refractivity contribution is -0.142. The number of nitrogens with one attached hydrogen (secondary N) is 2. The largest absolute Gasteiger partial charge is 0.361 e. The highest BCUT2D eigenvalue weighted by molar-refractivity contribution is 6.13. The molecular weight excluding hydrogens is 553 g/mol. The number of aromatic amines is 1. The summed E-state index contributed by atoms with van der Waals surface area (Å²) in [6.07, 6.45) is 4.64. The van der Waals surface area contributed by atoms with Gasteiger partial charge in [0.15, 0.2) is 0 Å². The Labute approximate surface area is 245 Å². The third-order valence-electron chi connectivity index (χ3n) is 7.41. The maximum absolute atomic E-state index is 14.1. The number of hydrogen-bond acceptors (Lipinski definition) is 6. The molecule has 10 nitrogen and oxygen atoms in total. The lowest BCUT2D eigenvalue weighted by Gasteiger charge is -2.40. The lowest BCUT2D eigenvalue weighted by Crippen LogP contribution is -2.61. The van der Waals surface area contributed by atoms with Crippen LogP contribution in [0, 0.1) is 5.41 Å². The van der Waals surface area contributed by atoms with Gasteiger partial charge in [-0.1, -0.05) is 24.3 Å². The molecule has 2 atom stereocenters. The Hall–Kier alpha value is -3.47. The SMILES string of the molecule is CN1N=C2CCN(C(=O)[C@@H](Cc3c[nH]c4ccccc34)NC(=O)C(C)(C)N)C[C@@]2(Cc2ccccn2)C1=O.Cl.Cl. The van der Waals surface area contributed by atoms with Crippen LogP contribution in [-0.4, -0.2) is 75.0 Å². The van der Waals surface area contributed by atoms with Crippen molar-refractivity contribution in [2.75, 3.05) is 20.1 Å². The highest BCUT2D eigenvalue weighted by atomic mass is 35.5. The van der Waals surface area contributed by atoms with E-state index in [0.29, 0.717) is 19.4 Å². The molecule has 4 N–H and O–H groups in total. The molecule has 3 amide bonds. The number of carbonyl (C=O) groups is 3. The van der Waals surface area contributed by atoms with E-state index in [1.165, 1.54) is 5.01 Å². The first-order valence-corrected chi connectivity index (χ1v) is 12.8. The summed E-state index contributed by atoms with van der Waals surface area (Å²) in [5, 5.41) is 9.76. The molecule has 4 heterocycles. The summed E-state index contributed by atoms with van der Waals surface area (Å²) in [5.74, 6) is -0.833. The monoisotopic (exact) mass is 587 g/mol. The Kier molecular flexibility index (Phi) is 9.28. The minimum absolute atomic E-state index is 0.